The Morgan fingerprint density at radius 2 is 1.97 bits per heavy atom. The third kappa shape index (κ3) is 5.50. The molecule has 3 N–H and O–H groups in total. The molecule has 1 aliphatic rings. The molecule has 0 radical (unpaired) electrons. The van der Waals surface area contributed by atoms with Gasteiger partial charge in [0.1, 0.15) is 18.0 Å². The van der Waals surface area contributed by atoms with Crippen LogP contribution in [0.5, 0.6) is 0 Å². The number of amides is 2. The fourth-order valence-electron chi connectivity index (χ4n) is 3.11. The van der Waals surface area contributed by atoms with Crippen LogP contribution in [0.25, 0.3) is 0 Å². The van der Waals surface area contributed by atoms with Crippen molar-refractivity contribution in [3.8, 4) is 0 Å². The average Bonchev–Trinajstić information content (AvgIpc) is 3.08. The lowest BCUT2D eigenvalue weighted by Gasteiger charge is -2.20. The summed E-state index contributed by atoms with van der Waals surface area (Å²) in [6.07, 6.45) is -0.704. The summed E-state index contributed by atoms with van der Waals surface area (Å²) < 4.78 is 23.9. The van der Waals surface area contributed by atoms with Gasteiger partial charge in [0.05, 0.1) is 24.3 Å². The highest BCUT2D eigenvalue weighted by atomic mass is 19.1. The minimum atomic E-state index is -0.686. The van der Waals surface area contributed by atoms with Crippen LogP contribution in [-0.4, -0.2) is 36.7 Å². The first-order valence-electron chi connectivity index (χ1n) is 9.69. The number of halogens is 1. The first-order chi connectivity index (χ1) is 14.5. The fraction of sp³-hybridized carbons (Fsp3) is 0.318. The Balaban J connectivity index is 1.78. The van der Waals surface area contributed by atoms with E-state index in [4.69, 9.17) is 15.2 Å². The van der Waals surface area contributed by atoms with Gasteiger partial charge in [-0.05, 0) is 62.7 Å². The lowest BCUT2D eigenvalue weighted by molar-refractivity contribution is -0.153. The number of esters is 1. The second kappa shape index (κ2) is 8.63. The number of nitrogens with two attached hydrogens (primary N) is 1. The molecule has 0 atom stereocenters. The molecule has 0 bridgehead atoms. The van der Waals surface area contributed by atoms with Crippen LogP contribution in [0.3, 0.4) is 0 Å². The zero-order valence-corrected chi connectivity index (χ0v) is 17.5. The maximum atomic E-state index is 13.7. The highest BCUT2D eigenvalue weighted by Crippen LogP contribution is 2.28. The summed E-state index contributed by atoms with van der Waals surface area (Å²) in [5, 5.41) is 2.67. The Hall–Kier alpha value is -3.62. The number of anilines is 3. The van der Waals surface area contributed by atoms with Gasteiger partial charge in [-0.15, -0.1) is 0 Å². The van der Waals surface area contributed by atoms with E-state index in [1.165, 1.54) is 35.2 Å². The number of hydrogen-bond acceptors (Lipinski definition) is 6. The summed E-state index contributed by atoms with van der Waals surface area (Å²) in [5.74, 6) is -1.58. The van der Waals surface area contributed by atoms with Gasteiger partial charge >= 0.3 is 12.1 Å². The lowest BCUT2D eigenvalue weighted by atomic mass is 10.1. The van der Waals surface area contributed by atoms with Crippen LogP contribution in [0.1, 0.15) is 36.7 Å². The van der Waals surface area contributed by atoms with E-state index >= 15 is 0 Å². The highest BCUT2D eigenvalue weighted by Gasteiger charge is 2.26. The van der Waals surface area contributed by atoms with Crippen LogP contribution in [0.2, 0.25) is 0 Å². The van der Waals surface area contributed by atoms with Crippen molar-refractivity contribution < 1.29 is 28.2 Å². The zero-order valence-electron chi connectivity index (χ0n) is 17.5. The second-order valence-corrected chi connectivity index (χ2v) is 8.06. The monoisotopic (exact) mass is 429 g/mol. The number of nitrogen functional groups attached to an aromatic ring is 1. The minimum absolute atomic E-state index is 0.206. The van der Waals surface area contributed by atoms with Crippen LogP contribution >= 0.6 is 0 Å². The molecule has 8 nitrogen and oxygen atoms in total. The molecule has 1 saturated heterocycles. The maximum absolute atomic E-state index is 13.7. The first kappa shape index (κ1) is 22.1. The number of carbonyl (C=O) groups is 3. The Bertz CT molecular complexity index is 1030. The Morgan fingerprint density at radius 3 is 2.58 bits per heavy atom. The molecule has 0 aromatic heterocycles. The molecule has 164 valence electrons. The van der Waals surface area contributed by atoms with E-state index in [1.54, 1.807) is 26.8 Å². The van der Waals surface area contributed by atoms with Crippen molar-refractivity contribution in [2.45, 2.75) is 32.8 Å². The smallest absolute Gasteiger partial charge is 0.414 e. The number of nitrogens with zero attached hydrogens (tertiary/aromatic N) is 1. The van der Waals surface area contributed by atoms with E-state index < -0.39 is 29.4 Å². The predicted octanol–water partition coefficient (Wildman–Crippen LogP) is 3.50. The van der Waals surface area contributed by atoms with Crippen molar-refractivity contribution >= 4 is 35.0 Å². The maximum Gasteiger partial charge on any atom is 0.414 e. The van der Waals surface area contributed by atoms with Crippen molar-refractivity contribution in [1.29, 1.82) is 0 Å². The Morgan fingerprint density at radius 1 is 1.23 bits per heavy atom. The predicted molar refractivity (Wildman–Crippen MR) is 113 cm³/mol. The van der Waals surface area contributed by atoms with Gasteiger partial charge in [0.2, 0.25) is 0 Å². The standard InChI is InChI=1S/C22H24FN3O5/c1-22(2,3)31-19(27)12-14-10-15(23)5-6-17(14)25-20(28)13-4-7-18(16(24)11-13)26-8-9-30-21(26)29/h4-7,10-11H,8-9,12,24H2,1-3H3,(H,25,28). The summed E-state index contributed by atoms with van der Waals surface area (Å²) in [6.45, 7) is 5.84. The molecule has 0 spiro atoms. The molecule has 2 aromatic carbocycles. The van der Waals surface area contributed by atoms with Crippen LogP contribution in [0, 0.1) is 5.82 Å². The van der Waals surface area contributed by atoms with Crippen LogP contribution in [0.4, 0.5) is 26.2 Å². The number of rotatable bonds is 5. The van der Waals surface area contributed by atoms with E-state index in [0.717, 1.165) is 0 Å². The molecule has 0 aliphatic carbocycles. The van der Waals surface area contributed by atoms with Crippen LogP contribution in [0.15, 0.2) is 36.4 Å². The van der Waals surface area contributed by atoms with Gasteiger partial charge in [-0.25, -0.2) is 9.18 Å². The second-order valence-electron chi connectivity index (χ2n) is 8.06. The zero-order chi connectivity index (χ0) is 22.8. The van der Waals surface area contributed by atoms with Crippen molar-refractivity contribution in [3.63, 3.8) is 0 Å². The van der Waals surface area contributed by atoms with Crippen molar-refractivity contribution in [1.82, 2.24) is 0 Å². The summed E-state index contributed by atoms with van der Waals surface area (Å²) >= 11 is 0. The summed E-state index contributed by atoms with van der Waals surface area (Å²) in [6, 6.07) is 8.26. The van der Waals surface area contributed by atoms with Gasteiger partial charge in [-0.2, -0.15) is 0 Å². The first-order valence-corrected chi connectivity index (χ1v) is 9.69. The fourth-order valence-corrected chi connectivity index (χ4v) is 3.11. The number of carbonyl (C=O) groups excluding carboxylic acids is 3. The molecule has 2 amide bonds. The SMILES string of the molecule is CC(C)(C)OC(=O)Cc1cc(F)ccc1NC(=O)c1ccc(N2CCOC2=O)c(N)c1. The van der Waals surface area contributed by atoms with Crippen molar-refractivity contribution in [2.75, 3.05) is 29.1 Å². The van der Waals surface area contributed by atoms with Crippen molar-refractivity contribution in [2.24, 2.45) is 0 Å². The quantitative estimate of drug-likeness (QED) is 0.556. The van der Waals surface area contributed by atoms with Gasteiger partial charge < -0.3 is 20.5 Å². The molecule has 9 heteroatoms. The molecule has 1 fully saturated rings. The lowest BCUT2D eigenvalue weighted by Crippen LogP contribution is -2.25. The average molecular weight is 429 g/mol. The topological polar surface area (TPSA) is 111 Å². The van der Waals surface area contributed by atoms with Gasteiger partial charge in [0.15, 0.2) is 0 Å². The van der Waals surface area contributed by atoms with E-state index in [2.05, 4.69) is 5.32 Å². The van der Waals surface area contributed by atoms with E-state index in [1.807, 2.05) is 0 Å². The van der Waals surface area contributed by atoms with E-state index in [0.29, 0.717) is 12.2 Å². The van der Waals surface area contributed by atoms with E-state index in [9.17, 15) is 18.8 Å². The summed E-state index contributed by atoms with van der Waals surface area (Å²) in [4.78, 5) is 38.0. The third-order valence-corrected chi connectivity index (χ3v) is 4.41. The molecule has 0 unspecified atom stereocenters. The highest BCUT2D eigenvalue weighted by molar-refractivity contribution is 6.06. The van der Waals surface area contributed by atoms with Crippen molar-refractivity contribution in [3.05, 3.63) is 53.3 Å². The minimum Gasteiger partial charge on any atom is -0.460 e. The largest absolute Gasteiger partial charge is 0.460 e. The summed E-state index contributed by atoms with van der Waals surface area (Å²) in [7, 11) is 0. The van der Waals surface area contributed by atoms with Gasteiger partial charge in [-0.1, -0.05) is 0 Å². The number of ether oxygens (including phenoxy) is 2. The molecule has 31 heavy (non-hydrogen) atoms. The normalized spacial score (nSPS) is 13.7. The molecule has 3 rings (SSSR count). The Kier molecular flexibility index (Phi) is 6.14. The molecule has 0 saturated carbocycles. The Labute approximate surface area is 179 Å². The van der Waals surface area contributed by atoms with Gasteiger partial charge in [-0.3, -0.25) is 14.5 Å². The number of cyclic esters (lactones) is 1. The number of benzene rings is 2. The van der Waals surface area contributed by atoms with Gasteiger partial charge in [0, 0.05) is 11.3 Å². The molecular formula is C22H24FN3O5. The van der Waals surface area contributed by atoms with Crippen LogP contribution in [-0.2, 0) is 20.7 Å². The molecular weight excluding hydrogens is 405 g/mol. The summed E-state index contributed by atoms with van der Waals surface area (Å²) in [5.41, 5.74) is 6.83. The molecule has 1 aliphatic heterocycles. The third-order valence-electron chi connectivity index (χ3n) is 4.41. The number of nitrogens with one attached hydrogen (secondary N) is 1. The van der Waals surface area contributed by atoms with E-state index in [-0.39, 0.29) is 35.5 Å². The van der Waals surface area contributed by atoms with Crippen LogP contribution < -0.4 is 16.0 Å². The molecule has 2 aromatic rings. The molecule has 1 heterocycles. The van der Waals surface area contributed by atoms with Gasteiger partial charge in [0.25, 0.3) is 5.91 Å². The number of hydrogen-bond donors (Lipinski definition) is 2.